The maximum Gasteiger partial charge on any atom is 0.265 e. The Hall–Kier alpha value is -1.73. The Labute approximate surface area is 179 Å². The van der Waals surface area contributed by atoms with Gasteiger partial charge < -0.3 is 4.90 Å². The van der Waals surface area contributed by atoms with E-state index in [4.69, 9.17) is 5.41 Å². The van der Waals surface area contributed by atoms with E-state index < -0.39 is 10.0 Å². The molecule has 1 saturated carbocycles. The molecule has 1 N–H and O–H groups in total. The first-order valence-corrected chi connectivity index (χ1v) is 12.9. The minimum absolute atomic E-state index is 0.0840. The molecule has 1 heterocycles. The number of sulfonamides is 1. The van der Waals surface area contributed by atoms with Crippen molar-refractivity contribution in [1.82, 2.24) is 9.21 Å². The Morgan fingerprint density at radius 3 is 2.66 bits per heavy atom. The van der Waals surface area contributed by atoms with Crippen LogP contribution in [0.2, 0.25) is 0 Å². The third-order valence-electron chi connectivity index (χ3n) is 5.92. The molecule has 0 aromatic heterocycles. The Morgan fingerprint density at radius 1 is 1.24 bits per heavy atom. The van der Waals surface area contributed by atoms with Gasteiger partial charge in [0.15, 0.2) is 5.17 Å². The molecule has 3 rings (SSSR count). The first-order valence-electron chi connectivity index (χ1n) is 10.2. The lowest BCUT2D eigenvalue weighted by Crippen LogP contribution is -2.37. The fourth-order valence-electron chi connectivity index (χ4n) is 4.42. The number of thioether (sulfide) groups is 1. The van der Waals surface area contributed by atoms with Crippen molar-refractivity contribution in [1.29, 1.82) is 5.41 Å². The molecule has 2 aliphatic rings. The molecule has 1 fully saturated rings. The quantitative estimate of drug-likeness (QED) is 0.528. The van der Waals surface area contributed by atoms with Crippen molar-refractivity contribution in [3.63, 3.8) is 0 Å². The van der Waals surface area contributed by atoms with Crippen LogP contribution in [-0.2, 0) is 10.0 Å². The predicted molar refractivity (Wildman–Crippen MR) is 121 cm³/mol. The normalized spacial score (nSPS) is 22.3. The summed E-state index contributed by atoms with van der Waals surface area (Å²) in [5.41, 5.74) is 1.46. The summed E-state index contributed by atoms with van der Waals surface area (Å²) in [5, 5.41) is 8.36. The lowest BCUT2D eigenvalue weighted by Gasteiger charge is -2.37. The second-order valence-electron chi connectivity index (χ2n) is 7.84. The fraction of sp³-hybridized carbons (Fsp3) is 0.500. The van der Waals surface area contributed by atoms with Gasteiger partial charge in [0, 0.05) is 20.1 Å². The molecule has 29 heavy (non-hydrogen) atoms. The molecule has 1 aliphatic heterocycles. The van der Waals surface area contributed by atoms with Crippen LogP contribution in [0.4, 0.5) is 0 Å². The van der Waals surface area contributed by atoms with Crippen LogP contribution in [0.15, 0.2) is 59.2 Å². The molecule has 1 aromatic carbocycles. The van der Waals surface area contributed by atoms with Gasteiger partial charge in [-0.05, 0) is 67.3 Å². The van der Waals surface area contributed by atoms with E-state index in [0.717, 1.165) is 19.4 Å². The van der Waals surface area contributed by atoms with E-state index in [1.807, 2.05) is 0 Å². The van der Waals surface area contributed by atoms with Crippen molar-refractivity contribution >= 4 is 27.0 Å². The molecule has 0 radical (unpaired) electrons. The van der Waals surface area contributed by atoms with Crippen LogP contribution in [0.3, 0.4) is 0 Å². The summed E-state index contributed by atoms with van der Waals surface area (Å²) < 4.78 is 27.6. The highest BCUT2D eigenvalue weighted by Crippen LogP contribution is 2.38. The summed E-state index contributed by atoms with van der Waals surface area (Å²) in [6.45, 7) is 1.31. The van der Waals surface area contributed by atoms with Crippen LogP contribution >= 0.6 is 11.8 Å². The average molecular weight is 434 g/mol. The Bertz CT molecular complexity index is 865. The lowest BCUT2D eigenvalue weighted by molar-refractivity contribution is 0.239. The molecular weight excluding hydrogens is 402 g/mol. The molecule has 1 aliphatic carbocycles. The number of allylic oxidation sites excluding steroid dienone is 2. The highest BCUT2D eigenvalue weighted by Gasteiger charge is 2.32. The topological polar surface area (TPSA) is 64.5 Å². The van der Waals surface area contributed by atoms with Crippen LogP contribution < -0.4 is 0 Å². The van der Waals surface area contributed by atoms with Crippen molar-refractivity contribution in [2.75, 3.05) is 26.4 Å². The number of hydrogen-bond donors (Lipinski definition) is 1. The van der Waals surface area contributed by atoms with Crippen LogP contribution in [0.5, 0.6) is 0 Å². The molecule has 0 spiro atoms. The first kappa shape index (κ1) is 22.0. The SMILES string of the molecule is CSC(=N)N(CC[C@@H]1CCCC[C@H]1C1=CC=CN(C)C1)S(=O)(=O)c1ccccc1. The Morgan fingerprint density at radius 2 is 1.97 bits per heavy atom. The number of nitrogens with one attached hydrogen (secondary N) is 1. The van der Waals surface area contributed by atoms with Gasteiger partial charge in [0.05, 0.1) is 4.90 Å². The molecule has 0 unspecified atom stereocenters. The number of hydrogen-bond acceptors (Lipinski definition) is 5. The van der Waals surface area contributed by atoms with Gasteiger partial charge in [0.1, 0.15) is 0 Å². The first-order chi connectivity index (χ1) is 13.9. The molecule has 5 nitrogen and oxygen atoms in total. The van der Waals surface area contributed by atoms with E-state index in [1.165, 1.54) is 40.9 Å². The van der Waals surface area contributed by atoms with Gasteiger partial charge in [0.25, 0.3) is 10.0 Å². The van der Waals surface area contributed by atoms with Crippen molar-refractivity contribution in [2.24, 2.45) is 11.8 Å². The van der Waals surface area contributed by atoms with E-state index in [0.29, 0.717) is 18.4 Å². The Kier molecular flexibility index (Phi) is 7.46. The smallest absolute Gasteiger partial charge is 0.265 e. The summed E-state index contributed by atoms with van der Waals surface area (Å²) in [6, 6.07) is 8.47. The van der Waals surface area contributed by atoms with Gasteiger partial charge >= 0.3 is 0 Å². The average Bonchev–Trinajstić information content (AvgIpc) is 2.74. The summed E-state index contributed by atoms with van der Waals surface area (Å²) in [4.78, 5) is 2.46. The molecule has 0 amide bonds. The zero-order chi connectivity index (χ0) is 20.9. The van der Waals surface area contributed by atoms with Gasteiger partial charge in [-0.2, -0.15) is 0 Å². The Balaban J connectivity index is 1.77. The van der Waals surface area contributed by atoms with Gasteiger partial charge in [0.2, 0.25) is 0 Å². The van der Waals surface area contributed by atoms with Crippen molar-refractivity contribution in [2.45, 2.75) is 37.0 Å². The number of likely N-dealkylation sites (N-methyl/N-ethyl adjacent to an activating group) is 1. The summed E-state index contributed by atoms with van der Waals surface area (Å²) >= 11 is 1.17. The molecule has 0 saturated heterocycles. The second-order valence-corrected chi connectivity index (χ2v) is 10.5. The summed E-state index contributed by atoms with van der Waals surface area (Å²) in [6.07, 6.45) is 13.7. The third-order valence-corrected chi connectivity index (χ3v) is 8.46. The number of amidine groups is 1. The number of rotatable bonds is 6. The van der Waals surface area contributed by atoms with Crippen LogP contribution in [0.1, 0.15) is 32.1 Å². The molecular formula is C22H31N3O2S2. The van der Waals surface area contributed by atoms with E-state index in [-0.39, 0.29) is 10.1 Å². The molecule has 2 atom stereocenters. The second kappa shape index (κ2) is 9.85. The predicted octanol–water partition coefficient (Wildman–Crippen LogP) is 4.56. The summed E-state index contributed by atoms with van der Waals surface area (Å²) in [7, 11) is -1.62. The largest absolute Gasteiger partial charge is 0.376 e. The minimum atomic E-state index is -3.71. The molecule has 158 valence electrons. The highest BCUT2D eigenvalue weighted by atomic mass is 32.2. The van der Waals surface area contributed by atoms with Crippen LogP contribution in [-0.4, -0.2) is 49.2 Å². The van der Waals surface area contributed by atoms with E-state index in [1.54, 1.807) is 36.6 Å². The van der Waals surface area contributed by atoms with E-state index in [2.05, 4.69) is 30.3 Å². The molecule has 0 bridgehead atoms. The molecule has 1 aromatic rings. The van der Waals surface area contributed by atoms with Crippen LogP contribution in [0.25, 0.3) is 0 Å². The monoisotopic (exact) mass is 433 g/mol. The maximum absolute atomic E-state index is 13.2. The standard InChI is InChI=1S/C22H31N3O2S2/c1-24-15-8-10-19(17-24)21-13-7-6-9-18(21)14-16-25(22(23)28-2)29(26,27)20-11-4-3-5-12-20/h3-5,8,10-12,15,18,21,23H,6-7,9,13-14,16-17H2,1-2H3/t18-,21+/m0/s1. The lowest BCUT2D eigenvalue weighted by atomic mass is 9.73. The third kappa shape index (κ3) is 5.25. The van der Waals surface area contributed by atoms with Crippen molar-refractivity contribution in [3.05, 3.63) is 54.3 Å². The number of benzene rings is 1. The van der Waals surface area contributed by atoms with Gasteiger partial charge in [-0.25, -0.2) is 12.7 Å². The summed E-state index contributed by atoms with van der Waals surface area (Å²) in [5.74, 6) is 0.957. The van der Waals surface area contributed by atoms with Crippen molar-refractivity contribution in [3.8, 4) is 0 Å². The maximum atomic E-state index is 13.2. The number of nitrogens with zero attached hydrogens (tertiary/aromatic N) is 2. The highest BCUT2D eigenvalue weighted by molar-refractivity contribution is 8.14. The van der Waals surface area contributed by atoms with Gasteiger partial charge in [-0.3, -0.25) is 5.41 Å². The zero-order valence-corrected chi connectivity index (χ0v) is 18.9. The van der Waals surface area contributed by atoms with Crippen molar-refractivity contribution < 1.29 is 8.42 Å². The molecule has 7 heteroatoms. The van der Waals surface area contributed by atoms with Gasteiger partial charge in [-0.1, -0.05) is 48.9 Å². The zero-order valence-electron chi connectivity index (χ0n) is 17.3. The van der Waals surface area contributed by atoms with Gasteiger partial charge in [-0.15, -0.1) is 0 Å². The van der Waals surface area contributed by atoms with Crippen LogP contribution in [0, 0.1) is 17.2 Å². The fourth-order valence-corrected chi connectivity index (χ4v) is 6.56. The van der Waals surface area contributed by atoms with E-state index >= 15 is 0 Å². The minimum Gasteiger partial charge on any atom is -0.376 e. The van der Waals surface area contributed by atoms with E-state index in [9.17, 15) is 8.42 Å².